The van der Waals surface area contributed by atoms with Crippen LogP contribution in [0.25, 0.3) is 0 Å². The first kappa shape index (κ1) is 11.6. The third-order valence-corrected chi connectivity index (χ3v) is 4.75. The van der Waals surface area contributed by atoms with E-state index >= 15 is 0 Å². The molecule has 1 rings (SSSR count). The highest BCUT2D eigenvalue weighted by atomic mass is 32.2. The summed E-state index contributed by atoms with van der Waals surface area (Å²) in [5.74, 6) is 0. The third kappa shape index (κ3) is 2.78. The summed E-state index contributed by atoms with van der Waals surface area (Å²) in [7, 11) is -3.34. The molecule has 4 nitrogen and oxygen atoms in total. The van der Waals surface area contributed by atoms with E-state index in [1.54, 1.807) is 26.0 Å². The molecule has 0 bridgehead atoms. The maximum absolute atomic E-state index is 11.6. The second-order valence-corrected chi connectivity index (χ2v) is 6.31. The Kier molecular flexibility index (Phi) is 3.65. The summed E-state index contributed by atoms with van der Waals surface area (Å²) in [5, 5.41) is 0. The van der Waals surface area contributed by atoms with Gasteiger partial charge in [-0.1, -0.05) is 0 Å². The number of hydrogen-bond acceptors (Lipinski definition) is 4. The number of sulfonamides is 1. The van der Waals surface area contributed by atoms with E-state index in [-0.39, 0.29) is 6.04 Å². The monoisotopic (exact) mass is 234 g/mol. The standard InChI is InChI=1S/C8H14N2O2S2/c1-6(2)10-14(11,12)8-4-3-7(5-9)13-8/h3-4,6,10H,5,9H2,1-2H3. The van der Waals surface area contributed by atoms with Crippen molar-refractivity contribution in [1.82, 2.24) is 4.72 Å². The quantitative estimate of drug-likeness (QED) is 0.812. The van der Waals surface area contributed by atoms with Gasteiger partial charge < -0.3 is 5.73 Å². The average Bonchev–Trinajstić information content (AvgIpc) is 2.49. The van der Waals surface area contributed by atoms with Crippen LogP contribution in [0.1, 0.15) is 18.7 Å². The van der Waals surface area contributed by atoms with E-state index in [0.29, 0.717) is 10.8 Å². The van der Waals surface area contributed by atoms with Gasteiger partial charge >= 0.3 is 0 Å². The molecular weight excluding hydrogens is 220 g/mol. The van der Waals surface area contributed by atoms with Crippen molar-refractivity contribution >= 4 is 21.4 Å². The molecule has 0 atom stereocenters. The Morgan fingerprint density at radius 1 is 1.50 bits per heavy atom. The Labute approximate surface area is 88.2 Å². The molecule has 14 heavy (non-hydrogen) atoms. The van der Waals surface area contributed by atoms with Crippen molar-refractivity contribution in [3.63, 3.8) is 0 Å². The topological polar surface area (TPSA) is 72.2 Å². The zero-order chi connectivity index (χ0) is 10.8. The molecule has 1 heterocycles. The van der Waals surface area contributed by atoms with Crippen LogP contribution in [0.5, 0.6) is 0 Å². The molecule has 0 aliphatic heterocycles. The second-order valence-electron chi connectivity index (χ2n) is 3.20. The summed E-state index contributed by atoms with van der Waals surface area (Å²) in [5.41, 5.74) is 5.40. The number of nitrogens with two attached hydrogens (primary N) is 1. The van der Waals surface area contributed by atoms with Crippen molar-refractivity contribution in [2.45, 2.75) is 30.6 Å². The summed E-state index contributed by atoms with van der Waals surface area (Å²) in [6.45, 7) is 3.95. The molecule has 0 amide bonds. The number of rotatable bonds is 4. The van der Waals surface area contributed by atoms with Crippen LogP contribution < -0.4 is 10.5 Å². The lowest BCUT2D eigenvalue weighted by atomic mass is 10.4. The van der Waals surface area contributed by atoms with E-state index in [1.165, 1.54) is 11.3 Å². The van der Waals surface area contributed by atoms with Crippen LogP contribution in [0, 0.1) is 0 Å². The molecule has 0 saturated carbocycles. The minimum Gasteiger partial charge on any atom is -0.326 e. The lowest BCUT2D eigenvalue weighted by Gasteiger charge is -2.06. The lowest BCUT2D eigenvalue weighted by Crippen LogP contribution is -2.29. The van der Waals surface area contributed by atoms with Gasteiger partial charge in [0.25, 0.3) is 0 Å². The first-order valence-corrected chi connectivity index (χ1v) is 6.57. The maximum Gasteiger partial charge on any atom is 0.250 e. The molecule has 0 unspecified atom stereocenters. The van der Waals surface area contributed by atoms with Gasteiger partial charge in [-0.2, -0.15) is 0 Å². The van der Waals surface area contributed by atoms with Gasteiger partial charge in [-0.25, -0.2) is 13.1 Å². The van der Waals surface area contributed by atoms with Crippen LogP contribution in [-0.2, 0) is 16.6 Å². The highest BCUT2D eigenvalue weighted by Gasteiger charge is 2.17. The minimum atomic E-state index is -3.34. The Hall–Kier alpha value is -0.430. The Morgan fingerprint density at radius 2 is 2.14 bits per heavy atom. The fraction of sp³-hybridized carbons (Fsp3) is 0.500. The summed E-state index contributed by atoms with van der Waals surface area (Å²) in [6.07, 6.45) is 0. The summed E-state index contributed by atoms with van der Waals surface area (Å²) < 4.78 is 26.1. The molecule has 3 N–H and O–H groups in total. The second kappa shape index (κ2) is 4.39. The third-order valence-electron chi connectivity index (χ3n) is 1.49. The molecule has 0 saturated heterocycles. The van der Waals surface area contributed by atoms with E-state index < -0.39 is 10.0 Å². The van der Waals surface area contributed by atoms with Gasteiger partial charge in [0.15, 0.2) is 0 Å². The Balaban J connectivity index is 2.93. The molecule has 6 heteroatoms. The molecule has 1 aromatic heterocycles. The minimum absolute atomic E-state index is 0.0940. The van der Waals surface area contributed by atoms with Gasteiger partial charge in [0.2, 0.25) is 10.0 Å². The number of hydrogen-bond donors (Lipinski definition) is 2. The highest BCUT2D eigenvalue weighted by Crippen LogP contribution is 2.20. The van der Waals surface area contributed by atoms with Crippen molar-refractivity contribution in [3.05, 3.63) is 17.0 Å². The molecule has 0 aromatic carbocycles. The molecule has 80 valence electrons. The van der Waals surface area contributed by atoms with Gasteiger partial charge in [-0.3, -0.25) is 0 Å². The van der Waals surface area contributed by atoms with E-state index in [1.807, 2.05) is 0 Å². The fourth-order valence-corrected chi connectivity index (χ4v) is 3.48. The van der Waals surface area contributed by atoms with Gasteiger partial charge in [-0.15, -0.1) is 11.3 Å². The predicted octanol–water partition coefficient (Wildman–Crippen LogP) is 0.894. The van der Waals surface area contributed by atoms with E-state index in [2.05, 4.69) is 4.72 Å². The summed E-state index contributed by atoms with van der Waals surface area (Å²) in [4.78, 5) is 0.870. The molecule has 0 radical (unpaired) electrons. The molecule has 0 fully saturated rings. The maximum atomic E-state index is 11.6. The Bertz CT molecular complexity index is 395. The first-order chi connectivity index (χ1) is 6.45. The molecule has 0 aliphatic carbocycles. The first-order valence-electron chi connectivity index (χ1n) is 4.27. The molecule has 1 aromatic rings. The normalized spacial score (nSPS) is 12.3. The zero-order valence-corrected chi connectivity index (χ0v) is 9.78. The van der Waals surface area contributed by atoms with Crippen LogP contribution in [-0.4, -0.2) is 14.5 Å². The van der Waals surface area contributed by atoms with Crippen LogP contribution in [0.4, 0.5) is 0 Å². The molecule has 0 spiro atoms. The van der Waals surface area contributed by atoms with E-state index in [9.17, 15) is 8.42 Å². The van der Waals surface area contributed by atoms with Crippen molar-refractivity contribution in [2.24, 2.45) is 5.73 Å². The SMILES string of the molecule is CC(C)NS(=O)(=O)c1ccc(CN)s1. The predicted molar refractivity (Wildman–Crippen MR) is 57.7 cm³/mol. The number of thiophene rings is 1. The Morgan fingerprint density at radius 3 is 2.57 bits per heavy atom. The van der Waals surface area contributed by atoms with Crippen LogP contribution in [0.15, 0.2) is 16.3 Å². The van der Waals surface area contributed by atoms with Crippen LogP contribution in [0.3, 0.4) is 0 Å². The lowest BCUT2D eigenvalue weighted by molar-refractivity contribution is 0.572. The molecular formula is C8H14N2O2S2. The number of nitrogens with one attached hydrogen (secondary N) is 1. The fourth-order valence-electron chi connectivity index (χ4n) is 0.981. The molecule has 0 aliphatic rings. The highest BCUT2D eigenvalue weighted by molar-refractivity contribution is 7.91. The van der Waals surface area contributed by atoms with Crippen LogP contribution >= 0.6 is 11.3 Å². The van der Waals surface area contributed by atoms with Crippen molar-refractivity contribution in [3.8, 4) is 0 Å². The van der Waals surface area contributed by atoms with Gasteiger partial charge in [0.05, 0.1) is 0 Å². The smallest absolute Gasteiger partial charge is 0.250 e. The van der Waals surface area contributed by atoms with Gasteiger partial charge in [-0.05, 0) is 26.0 Å². The van der Waals surface area contributed by atoms with E-state index in [4.69, 9.17) is 5.73 Å². The zero-order valence-electron chi connectivity index (χ0n) is 8.15. The average molecular weight is 234 g/mol. The summed E-state index contributed by atoms with van der Waals surface area (Å²) >= 11 is 1.21. The van der Waals surface area contributed by atoms with E-state index in [0.717, 1.165) is 4.88 Å². The van der Waals surface area contributed by atoms with Crippen molar-refractivity contribution in [2.75, 3.05) is 0 Å². The van der Waals surface area contributed by atoms with Crippen LogP contribution in [0.2, 0.25) is 0 Å². The van der Waals surface area contributed by atoms with Gasteiger partial charge in [0, 0.05) is 17.5 Å². The largest absolute Gasteiger partial charge is 0.326 e. The van der Waals surface area contributed by atoms with Crippen molar-refractivity contribution in [1.29, 1.82) is 0 Å². The van der Waals surface area contributed by atoms with Gasteiger partial charge in [0.1, 0.15) is 4.21 Å². The van der Waals surface area contributed by atoms with Crippen molar-refractivity contribution < 1.29 is 8.42 Å². The summed E-state index contributed by atoms with van der Waals surface area (Å²) in [6, 6.07) is 3.22.